The van der Waals surface area contributed by atoms with Gasteiger partial charge in [-0.1, -0.05) is 43.3 Å². The summed E-state index contributed by atoms with van der Waals surface area (Å²) in [4.78, 5) is 23.9. The minimum Gasteiger partial charge on any atom is -0.326 e. The molecule has 0 saturated carbocycles. The lowest BCUT2D eigenvalue weighted by Crippen LogP contribution is -2.20. The largest absolute Gasteiger partial charge is 0.326 e. The van der Waals surface area contributed by atoms with E-state index < -0.39 is 0 Å². The van der Waals surface area contributed by atoms with Crippen molar-refractivity contribution < 1.29 is 4.79 Å². The van der Waals surface area contributed by atoms with Crippen molar-refractivity contribution in [2.75, 3.05) is 16.8 Å². The predicted octanol–water partition coefficient (Wildman–Crippen LogP) is 4.29. The van der Waals surface area contributed by atoms with Crippen LogP contribution in [-0.2, 0) is 12.8 Å². The maximum atomic E-state index is 12.8. The fraction of sp³-hybridized carbons (Fsp3) is 0.227. The van der Waals surface area contributed by atoms with Gasteiger partial charge in [-0.25, -0.2) is 9.97 Å². The van der Waals surface area contributed by atoms with Crippen LogP contribution in [0.5, 0.6) is 0 Å². The van der Waals surface area contributed by atoms with E-state index in [0.717, 1.165) is 42.1 Å². The fourth-order valence-corrected chi connectivity index (χ4v) is 3.52. The molecular formula is C22H22N4O. The molecule has 1 aliphatic heterocycles. The summed E-state index contributed by atoms with van der Waals surface area (Å²) in [6.07, 6.45) is 1.83. The number of aryl methyl sites for hydroxylation is 2. The molecule has 0 bridgehead atoms. The topological polar surface area (TPSA) is 58.1 Å². The van der Waals surface area contributed by atoms with Crippen LogP contribution < -0.4 is 10.2 Å². The molecule has 0 saturated heterocycles. The first kappa shape index (κ1) is 17.2. The summed E-state index contributed by atoms with van der Waals surface area (Å²) in [5.41, 5.74) is 4.77. The zero-order valence-corrected chi connectivity index (χ0v) is 15.6. The second-order valence-corrected chi connectivity index (χ2v) is 6.65. The highest BCUT2D eigenvalue weighted by atomic mass is 16.1. The number of fused-ring (bicyclic) bond motifs is 1. The van der Waals surface area contributed by atoms with E-state index in [0.29, 0.717) is 11.5 Å². The van der Waals surface area contributed by atoms with E-state index >= 15 is 0 Å². The molecule has 1 aliphatic rings. The van der Waals surface area contributed by atoms with Gasteiger partial charge < -0.3 is 10.2 Å². The third kappa shape index (κ3) is 3.40. The first-order valence-electron chi connectivity index (χ1n) is 9.26. The van der Waals surface area contributed by atoms with E-state index in [9.17, 15) is 4.79 Å². The van der Waals surface area contributed by atoms with Gasteiger partial charge in [0, 0.05) is 24.0 Å². The van der Waals surface area contributed by atoms with Crippen LogP contribution in [0.1, 0.15) is 34.4 Å². The average molecular weight is 358 g/mol. The van der Waals surface area contributed by atoms with Crippen LogP contribution in [0.15, 0.2) is 54.6 Å². The Labute approximate surface area is 159 Å². The first-order valence-corrected chi connectivity index (χ1v) is 9.26. The molecule has 5 heteroatoms. The third-order valence-electron chi connectivity index (χ3n) is 4.87. The number of hydrogen-bond donors (Lipinski definition) is 1. The van der Waals surface area contributed by atoms with Gasteiger partial charge in [0.15, 0.2) is 0 Å². The van der Waals surface area contributed by atoms with Gasteiger partial charge in [-0.2, -0.15) is 0 Å². The highest BCUT2D eigenvalue weighted by molar-refractivity contribution is 6.03. The van der Waals surface area contributed by atoms with Gasteiger partial charge in [0.05, 0.1) is 0 Å². The number of aromatic nitrogens is 2. The smallest absolute Gasteiger partial charge is 0.274 e. The van der Waals surface area contributed by atoms with E-state index in [-0.39, 0.29) is 5.91 Å². The Morgan fingerprint density at radius 1 is 1.11 bits per heavy atom. The van der Waals surface area contributed by atoms with Crippen molar-refractivity contribution in [3.8, 4) is 0 Å². The van der Waals surface area contributed by atoms with Gasteiger partial charge >= 0.3 is 0 Å². The average Bonchev–Trinajstić information content (AvgIpc) is 3.12. The van der Waals surface area contributed by atoms with Crippen LogP contribution in [0, 0.1) is 6.92 Å². The Balaban J connectivity index is 1.64. The minimum atomic E-state index is -0.213. The molecule has 2 aromatic carbocycles. The number of rotatable bonds is 4. The number of benzene rings is 2. The summed E-state index contributed by atoms with van der Waals surface area (Å²) in [7, 11) is 0. The van der Waals surface area contributed by atoms with E-state index in [2.05, 4.69) is 45.3 Å². The van der Waals surface area contributed by atoms with Gasteiger partial charge in [0.1, 0.15) is 17.3 Å². The van der Waals surface area contributed by atoms with Crippen molar-refractivity contribution in [3.63, 3.8) is 0 Å². The van der Waals surface area contributed by atoms with Crippen molar-refractivity contribution in [2.24, 2.45) is 0 Å². The van der Waals surface area contributed by atoms with Gasteiger partial charge in [-0.05, 0) is 43.0 Å². The van der Waals surface area contributed by atoms with Crippen LogP contribution in [0.4, 0.5) is 17.2 Å². The molecule has 136 valence electrons. The van der Waals surface area contributed by atoms with E-state index in [1.807, 2.05) is 37.3 Å². The number of carbonyl (C=O) groups excluding carboxylic acids is 1. The molecule has 0 aliphatic carbocycles. The molecule has 0 unspecified atom stereocenters. The van der Waals surface area contributed by atoms with Crippen molar-refractivity contribution in [2.45, 2.75) is 26.7 Å². The van der Waals surface area contributed by atoms with E-state index in [1.165, 1.54) is 5.56 Å². The molecule has 2 heterocycles. The number of para-hydroxylation sites is 2. The quantitative estimate of drug-likeness (QED) is 0.756. The summed E-state index contributed by atoms with van der Waals surface area (Å²) in [5, 5.41) is 2.99. The standard InChI is InChI=1S/C22H22N4O/c1-3-16-8-4-6-10-18(16)25-22(27)19-14-21(24-15(2)23-19)26-13-12-17-9-5-7-11-20(17)26/h4-11,14H,3,12-13H2,1-2H3,(H,25,27). The number of anilines is 3. The molecule has 5 nitrogen and oxygen atoms in total. The zero-order chi connectivity index (χ0) is 18.8. The normalized spacial score (nSPS) is 12.7. The second-order valence-electron chi connectivity index (χ2n) is 6.65. The van der Waals surface area contributed by atoms with Crippen LogP contribution >= 0.6 is 0 Å². The Morgan fingerprint density at radius 2 is 1.89 bits per heavy atom. The Bertz CT molecular complexity index is 999. The van der Waals surface area contributed by atoms with Crippen molar-refractivity contribution >= 4 is 23.1 Å². The monoisotopic (exact) mass is 358 g/mol. The molecule has 0 radical (unpaired) electrons. The van der Waals surface area contributed by atoms with Gasteiger partial charge in [-0.15, -0.1) is 0 Å². The maximum absolute atomic E-state index is 12.8. The molecule has 0 fully saturated rings. The molecule has 0 atom stereocenters. The van der Waals surface area contributed by atoms with Crippen molar-refractivity contribution in [1.29, 1.82) is 0 Å². The number of hydrogen-bond acceptors (Lipinski definition) is 4. The molecule has 1 aromatic heterocycles. The SMILES string of the molecule is CCc1ccccc1NC(=O)c1cc(N2CCc3ccccc32)nc(C)n1. The number of nitrogens with zero attached hydrogens (tertiary/aromatic N) is 3. The van der Waals surface area contributed by atoms with Gasteiger partial charge in [0.2, 0.25) is 0 Å². The predicted molar refractivity (Wildman–Crippen MR) is 108 cm³/mol. The highest BCUT2D eigenvalue weighted by Gasteiger charge is 2.22. The fourth-order valence-electron chi connectivity index (χ4n) is 3.52. The number of nitrogens with one attached hydrogen (secondary N) is 1. The van der Waals surface area contributed by atoms with Crippen LogP contribution in [0.2, 0.25) is 0 Å². The molecule has 1 amide bonds. The summed E-state index contributed by atoms with van der Waals surface area (Å²) in [6, 6.07) is 17.9. The van der Waals surface area contributed by atoms with Crippen LogP contribution in [0.25, 0.3) is 0 Å². The van der Waals surface area contributed by atoms with Crippen LogP contribution in [-0.4, -0.2) is 22.4 Å². The molecule has 0 spiro atoms. The molecule has 3 aromatic rings. The summed E-state index contributed by atoms with van der Waals surface area (Å²) >= 11 is 0. The third-order valence-corrected chi connectivity index (χ3v) is 4.87. The van der Waals surface area contributed by atoms with Gasteiger partial charge in [0.25, 0.3) is 5.91 Å². The minimum absolute atomic E-state index is 0.213. The molecule has 27 heavy (non-hydrogen) atoms. The lowest BCUT2D eigenvalue weighted by molar-refractivity contribution is 0.102. The molecule has 4 rings (SSSR count). The molecular weight excluding hydrogens is 336 g/mol. The Morgan fingerprint density at radius 3 is 2.74 bits per heavy atom. The number of carbonyl (C=O) groups is 1. The first-order chi connectivity index (χ1) is 13.2. The lowest BCUT2D eigenvalue weighted by atomic mass is 10.1. The lowest BCUT2D eigenvalue weighted by Gasteiger charge is -2.19. The second kappa shape index (κ2) is 7.19. The number of amides is 1. The van der Waals surface area contributed by atoms with Crippen LogP contribution in [0.3, 0.4) is 0 Å². The van der Waals surface area contributed by atoms with E-state index in [4.69, 9.17) is 0 Å². The summed E-state index contributed by atoms with van der Waals surface area (Å²) in [5.74, 6) is 1.14. The van der Waals surface area contributed by atoms with E-state index in [1.54, 1.807) is 6.07 Å². The summed E-state index contributed by atoms with van der Waals surface area (Å²) < 4.78 is 0. The van der Waals surface area contributed by atoms with Crippen molar-refractivity contribution in [1.82, 2.24) is 9.97 Å². The maximum Gasteiger partial charge on any atom is 0.274 e. The molecule has 1 N–H and O–H groups in total. The zero-order valence-electron chi connectivity index (χ0n) is 15.6. The Hall–Kier alpha value is -3.21. The summed E-state index contributed by atoms with van der Waals surface area (Å²) in [6.45, 7) is 4.75. The van der Waals surface area contributed by atoms with Crippen molar-refractivity contribution in [3.05, 3.63) is 77.2 Å². The Kier molecular flexibility index (Phi) is 4.59. The van der Waals surface area contributed by atoms with Gasteiger partial charge in [-0.3, -0.25) is 4.79 Å². The highest BCUT2D eigenvalue weighted by Crippen LogP contribution is 2.33.